The molecule has 0 saturated heterocycles. The number of hydrogen-bond donors (Lipinski definition) is 0. The molecule has 30 heavy (non-hydrogen) atoms. The van der Waals surface area contributed by atoms with E-state index in [4.69, 9.17) is 9.84 Å². The lowest BCUT2D eigenvalue weighted by atomic mass is 9.85. The second-order valence-corrected chi connectivity index (χ2v) is 8.96. The van der Waals surface area contributed by atoms with Crippen molar-refractivity contribution in [3.8, 4) is 0 Å². The number of methoxy groups -OCH3 is 1. The van der Waals surface area contributed by atoms with Gasteiger partial charge in [-0.25, -0.2) is 5.01 Å². The molecule has 1 aliphatic heterocycles. The monoisotopic (exact) mass is 402 g/mol. The maximum Gasteiger partial charge on any atom is 0.274 e. The van der Waals surface area contributed by atoms with Crippen LogP contribution in [0.4, 0.5) is 0 Å². The molecule has 4 heteroatoms. The highest BCUT2D eigenvalue weighted by atomic mass is 16.5. The summed E-state index contributed by atoms with van der Waals surface area (Å²) >= 11 is 0. The lowest BCUT2D eigenvalue weighted by Gasteiger charge is -2.36. The summed E-state index contributed by atoms with van der Waals surface area (Å²) in [4.78, 5) is 13.5. The largest absolute Gasteiger partial charge is 0.374 e. The summed E-state index contributed by atoms with van der Waals surface area (Å²) in [6.07, 6.45) is 18.4. The van der Waals surface area contributed by atoms with Gasteiger partial charge in [0.05, 0.1) is 11.6 Å². The molecule has 5 rings (SSSR count). The first-order valence-corrected chi connectivity index (χ1v) is 11.2. The number of rotatable bonds is 4. The van der Waals surface area contributed by atoms with Gasteiger partial charge in [-0.15, -0.1) is 0 Å². The standard InChI is InChI=1S/C26H30N2O2/c1-30-26-16-8-13-21(17-22(26)18-26)24-15-14-23(19-9-4-2-5-10-19)27-28(24)25(29)20-11-6-3-7-12-20/h2-4,6-8,11-12,16-17,19,22,24H,5,9-10,13-15,18H2,1H3. The Morgan fingerprint density at radius 3 is 2.80 bits per heavy atom. The fourth-order valence-electron chi connectivity index (χ4n) is 5.24. The van der Waals surface area contributed by atoms with Crippen LogP contribution >= 0.6 is 0 Å². The van der Waals surface area contributed by atoms with Crippen LogP contribution in [0.5, 0.6) is 0 Å². The number of fused-ring (bicyclic) bond motifs is 1. The first kappa shape index (κ1) is 19.5. The Bertz CT molecular complexity index is 930. The number of amides is 1. The zero-order valence-corrected chi connectivity index (χ0v) is 17.7. The lowest BCUT2D eigenvalue weighted by Crippen LogP contribution is -2.43. The second-order valence-electron chi connectivity index (χ2n) is 8.96. The molecule has 0 N–H and O–H groups in total. The highest BCUT2D eigenvalue weighted by molar-refractivity contribution is 5.97. The topological polar surface area (TPSA) is 41.9 Å². The Kier molecular flexibility index (Phi) is 5.20. The summed E-state index contributed by atoms with van der Waals surface area (Å²) in [5, 5.41) is 6.82. The Hall–Kier alpha value is -2.46. The Balaban J connectivity index is 1.47. The average Bonchev–Trinajstić information content (AvgIpc) is 3.53. The van der Waals surface area contributed by atoms with E-state index in [0.717, 1.165) is 44.9 Å². The van der Waals surface area contributed by atoms with Crippen LogP contribution in [0.15, 0.2) is 71.4 Å². The molecular weight excluding hydrogens is 372 g/mol. The van der Waals surface area contributed by atoms with Gasteiger partial charge in [0.25, 0.3) is 5.91 Å². The predicted molar refractivity (Wildman–Crippen MR) is 119 cm³/mol. The second kappa shape index (κ2) is 7.99. The van der Waals surface area contributed by atoms with Crippen molar-refractivity contribution in [2.24, 2.45) is 16.9 Å². The first-order chi connectivity index (χ1) is 14.7. The Labute approximate surface area is 179 Å². The van der Waals surface area contributed by atoms with Crippen molar-refractivity contribution in [1.82, 2.24) is 5.01 Å². The molecule has 0 spiro atoms. The predicted octanol–water partition coefficient (Wildman–Crippen LogP) is 5.29. The summed E-state index contributed by atoms with van der Waals surface area (Å²) in [6, 6.07) is 9.61. The van der Waals surface area contributed by atoms with Crippen LogP contribution in [0, 0.1) is 11.8 Å². The smallest absolute Gasteiger partial charge is 0.274 e. The number of hydrazone groups is 1. The van der Waals surface area contributed by atoms with E-state index >= 15 is 0 Å². The van der Waals surface area contributed by atoms with Gasteiger partial charge < -0.3 is 4.74 Å². The summed E-state index contributed by atoms with van der Waals surface area (Å²) in [6.45, 7) is 0. The summed E-state index contributed by atoms with van der Waals surface area (Å²) in [5.41, 5.74) is 3.09. The molecule has 1 fully saturated rings. The molecule has 4 atom stereocenters. The van der Waals surface area contributed by atoms with Crippen molar-refractivity contribution in [2.45, 2.75) is 56.6 Å². The van der Waals surface area contributed by atoms with Gasteiger partial charge in [0, 0.05) is 30.2 Å². The quantitative estimate of drug-likeness (QED) is 0.642. The van der Waals surface area contributed by atoms with Crippen molar-refractivity contribution in [1.29, 1.82) is 0 Å². The molecule has 1 amide bonds. The van der Waals surface area contributed by atoms with Crippen LogP contribution in [0.25, 0.3) is 0 Å². The number of nitrogens with zero attached hydrogens (tertiary/aromatic N) is 2. The third-order valence-corrected chi connectivity index (χ3v) is 7.16. The van der Waals surface area contributed by atoms with Crippen molar-refractivity contribution in [2.75, 3.05) is 7.11 Å². The van der Waals surface area contributed by atoms with E-state index in [2.05, 4.69) is 30.4 Å². The van der Waals surface area contributed by atoms with Gasteiger partial charge in [-0.1, -0.05) is 48.6 Å². The fourth-order valence-corrected chi connectivity index (χ4v) is 5.24. The number of benzene rings is 1. The maximum atomic E-state index is 13.5. The molecule has 4 aliphatic rings. The third-order valence-electron chi connectivity index (χ3n) is 7.16. The van der Waals surface area contributed by atoms with Crippen molar-refractivity contribution < 1.29 is 9.53 Å². The number of hydrogen-bond acceptors (Lipinski definition) is 3. The van der Waals surface area contributed by atoms with Gasteiger partial charge in [0.15, 0.2) is 0 Å². The maximum absolute atomic E-state index is 13.5. The van der Waals surface area contributed by atoms with Crippen molar-refractivity contribution >= 4 is 11.6 Å². The zero-order valence-electron chi connectivity index (χ0n) is 17.7. The minimum atomic E-state index is -0.118. The van der Waals surface area contributed by atoms with E-state index in [1.165, 1.54) is 11.3 Å². The van der Waals surface area contributed by atoms with E-state index < -0.39 is 0 Å². The molecule has 4 nitrogen and oxygen atoms in total. The number of allylic oxidation sites excluding steroid dienone is 3. The molecule has 1 saturated carbocycles. The normalized spacial score (nSPS) is 32.7. The molecule has 0 radical (unpaired) electrons. The number of ether oxygens (including phenoxy) is 1. The van der Waals surface area contributed by atoms with Gasteiger partial charge in [-0.05, 0) is 62.7 Å². The van der Waals surface area contributed by atoms with Crippen molar-refractivity contribution in [3.05, 3.63) is 71.8 Å². The molecule has 1 aromatic rings. The highest BCUT2D eigenvalue weighted by Gasteiger charge is 2.52. The summed E-state index contributed by atoms with van der Waals surface area (Å²) in [7, 11) is 1.80. The fraction of sp³-hybridized carbons (Fsp3) is 0.462. The van der Waals surface area contributed by atoms with Crippen LogP contribution in [0.1, 0.15) is 55.3 Å². The van der Waals surface area contributed by atoms with Gasteiger partial charge in [0.2, 0.25) is 0 Å². The Morgan fingerprint density at radius 1 is 1.17 bits per heavy atom. The average molecular weight is 403 g/mol. The minimum absolute atomic E-state index is 0.00656. The van der Waals surface area contributed by atoms with Gasteiger partial charge >= 0.3 is 0 Å². The van der Waals surface area contributed by atoms with Crippen LogP contribution in [0.3, 0.4) is 0 Å². The molecular formula is C26H30N2O2. The molecule has 4 unspecified atom stereocenters. The molecule has 0 bridgehead atoms. The summed E-state index contributed by atoms with van der Waals surface area (Å²) < 4.78 is 5.76. The van der Waals surface area contributed by atoms with Gasteiger partial charge in [-0.2, -0.15) is 5.10 Å². The Morgan fingerprint density at radius 2 is 2.03 bits per heavy atom. The van der Waals surface area contributed by atoms with E-state index in [0.29, 0.717) is 17.4 Å². The van der Waals surface area contributed by atoms with Gasteiger partial charge in [0.1, 0.15) is 0 Å². The van der Waals surface area contributed by atoms with Crippen LogP contribution < -0.4 is 0 Å². The molecule has 156 valence electrons. The molecule has 1 heterocycles. The SMILES string of the molecule is COC12C=CCC(C3CCC(C4CC=CCC4)=NN3C(=O)c3ccccc3)=CC1C2. The first-order valence-electron chi connectivity index (χ1n) is 11.2. The van der Waals surface area contributed by atoms with Gasteiger partial charge in [-0.3, -0.25) is 4.79 Å². The lowest BCUT2D eigenvalue weighted by molar-refractivity contribution is 0.0688. The van der Waals surface area contributed by atoms with E-state index in [9.17, 15) is 4.79 Å². The molecule has 3 aliphatic carbocycles. The van der Waals surface area contributed by atoms with Crippen molar-refractivity contribution in [3.63, 3.8) is 0 Å². The highest BCUT2D eigenvalue weighted by Crippen LogP contribution is 2.51. The van der Waals surface area contributed by atoms with Crippen LogP contribution in [-0.2, 0) is 4.74 Å². The summed E-state index contributed by atoms with van der Waals surface area (Å²) in [5.74, 6) is 0.889. The minimum Gasteiger partial charge on any atom is -0.374 e. The van der Waals surface area contributed by atoms with E-state index in [1.807, 2.05) is 30.3 Å². The van der Waals surface area contributed by atoms with E-state index in [-0.39, 0.29) is 17.6 Å². The van der Waals surface area contributed by atoms with E-state index in [1.54, 1.807) is 12.1 Å². The molecule has 0 aromatic heterocycles. The molecule has 1 aromatic carbocycles. The zero-order chi connectivity index (χ0) is 20.6. The number of carbonyl (C=O) groups excluding carboxylic acids is 1. The number of carbonyl (C=O) groups is 1. The van der Waals surface area contributed by atoms with Crippen LogP contribution in [-0.4, -0.2) is 35.4 Å². The third kappa shape index (κ3) is 3.58. The van der Waals surface area contributed by atoms with Crippen LogP contribution in [0.2, 0.25) is 0 Å².